The number of rotatable bonds is 7. The molecule has 2 heterocycles. The number of pyridine rings is 1. The highest BCUT2D eigenvalue weighted by Gasteiger charge is 2.37. The average molecular weight is 447 g/mol. The molecule has 1 aliphatic heterocycles. The van der Waals surface area contributed by atoms with Gasteiger partial charge in [0.1, 0.15) is 5.56 Å². The van der Waals surface area contributed by atoms with Crippen LogP contribution in [0.2, 0.25) is 0 Å². The third-order valence-electron chi connectivity index (χ3n) is 6.42. The summed E-state index contributed by atoms with van der Waals surface area (Å²) >= 11 is 0. The number of hydrazone groups is 1. The Hall–Kier alpha value is -3.40. The summed E-state index contributed by atoms with van der Waals surface area (Å²) in [5.41, 5.74) is 4.53. The highest BCUT2D eigenvalue weighted by molar-refractivity contribution is 6.02. The average Bonchev–Trinajstić information content (AvgIpc) is 3.49. The summed E-state index contributed by atoms with van der Waals surface area (Å²) < 4.78 is 10.8. The van der Waals surface area contributed by atoms with Gasteiger partial charge in [-0.05, 0) is 75.4 Å². The number of aryl methyl sites for hydroxylation is 1. The van der Waals surface area contributed by atoms with Crippen LogP contribution in [0.3, 0.4) is 0 Å². The van der Waals surface area contributed by atoms with Gasteiger partial charge in [0.05, 0.1) is 48.0 Å². The maximum Gasteiger partial charge on any atom is 0.343 e. The molecule has 0 N–H and O–H groups in total. The minimum atomic E-state index is -0.438. The summed E-state index contributed by atoms with van der Waals surface area (Å²) in [6, 6.07) is 11.9. The van der Waals surface area contributed by atoms with Crippen LogP contribution in [0, 0.1) is 24.2 Å². The maximum atomic E-state index is 12.3. The van der Waals surface area contributed by atoms with E-state index in [2.05, 4.69) is 16.1 Å². The Labute approximate surface area is 195 Å². The normalized spacial score (nSPS) is 18.2. The number of aromatic nitrogens is 1. The summed E-state index contributed by atoms with van der Waals surface area (Å²) in [6.07, 6.45) is 5.66. The van der Waals surface area contributed by atoms with E-state index in [-0.39, 0.29) is 11.9 Å². The predicted molar refractivity (Wildman–Crippen MR) is 127 cm³/mol. The van der Waals surface area contributed by atoms with Gasteiger partial charge in [-0.1, -0.05) is 12.8 Å². The molecule has 1 aromatic heterocycles. The molecule has 0 saturated heterocycles. The lowest BCUT2D eigenvalue weighted by molar-refractivity contribution is 0.0521. The second-order valence-electron chi connectivity index (χ2n) is 8.52. The summed E-state index contributed by atoms with van der Waals surface area (Å²) in [6.45, 7) is 6.28. The van der Waals surface area contributed by atoms with Gasteiger partial charge in [0.25, 0.3) is 0 Å². The van der Waals surface area contributed by atoms with E-state index in [9.17, 15) is 10.1 Å². The van der Waals surface area contributed by atoms with Crippen LogP contribution in [0.5, 0.6) is 5.88 Å². The smallest absolute Gasteiger partial charge is 0.343 e. The first-order valence-corrected chi connectivity index (χ1v) is 11.7. The first-order valence-electron chi connectivity index (χ1n) is 11.7. The number of hydrogen-bond acceptors (Lipinski definition) is 7. The van der Waals surface area contributed by atoms with Crippen LogP contribution in [0.15, 0.2) is 35.4 Å². The first-order chi connectivity index (χ1) is 16.0. The van der Waals surface area contributed by atoms with Crippen LogP contribution in [-0.4, -0.2) is 35.9 Å². The molecular weight excluding hydrogens is 416 g/mol. The zero-order valence-electron chi connectivity index (χ0n) is 19.5. The fraction of sp³-hybridized carbons (Fsp3) is 0.462. The van der Waals surface area contributed by atoms with E-state index in [0.29, 0.717) is 36.0 Å². The maximum absolute atomic E-state index is 12.3. The molecule has 1 saturated carbocycles. The van der Waals surface area contributed by atoms with Gasteiger partial charge in [-0.2, -0.15) is 10.4 Å². The number of carbonyl (C=O) groups excluding carboxylic acids is 1. The Morgan fingerprint density at radius 3 is 2.64 bits per heavy atom. The van der Waals surface area contributed by atoms with E-state index < -0.39 is 5.97 Å². The van der Waals surface area contributed by atoms with Crippen LogP contribution >= 0.6 is 0 Å². The van der Waals surface area contributed by atoms with E-state index in [1.807, 2.05) is 38.1 Å². The van der Waals surface area contributed by atoms with Gasteiger partial charge < -0.3 is 9.47 Å². The molecule has 7 heteroatoms. The third-order valence-corrected chi connectivity index (χ3v) is 6.42. The lowest BCUT2D eigenvalue weighted by Crippen LogP contribution is -2.32. The number of ether oxygens (including phenoxy) is 2. The van der Waals surface area contributed by atoms with Crippen molar-refractivity contribution in [3.63, 3.8) is 0 Å². The molecule has 0 spiro atoms. The number of hydrogen-bond donors (Lipinski definition) is 0. The number of benzene rings is 1. The van der Waals surface area contributed by atoms with Crippen molar-refractivity contribution in [3.8, 4) is 11.9 Å². The zero-order valence-corrected chi connectivity index (χ0v) is 19.5. The molecule has 2 aromatic rings. The predicted octanol–water partition coefficient (Wildman–Crippen LogP) is 5.01. The van der Waals surface area contributed by atoms with E-state index in [1.54, 1.807) is 13.0 Å². The number of nitriles is 1. The topological polar surface area (TPSA) is 87.8 Å². The van der Waals surface area contributed by atoms with Crippen LogP contribution in [0.4, 0.5) is 5.69 Å². The second-order valence-corrected chi connectivity index (χ2v) is 8.52. The minimum absolute atomic E-state index is 0.247. The molecule has 4 rings (SSSR count). The number of carbonyl (C=O) groups is 1. The fourth-order valence-corrected chi connectivity index (χ4v) is 4.77. The summed E-state index contributed by atoms with van der Waals surface area (Å²) in [7, 11) is 0. The lowest BCUT2D eigenvalue weighted by atomic mass is 9.92. The Kier molecular flexibility index (Phi) is 6.93. The van der Waals surface area contributed by atoms with Crippen molar-refractivity contribution < 1.29 is 14.3 Å². The van der Waals surface area contributed by atoms with Crippen molar-refractivity contribution in [2.75, 3.05) is 18.2 Å². The van der Waals surface area contributed by atoms with Gasteiger partial charge in [-0.25, -0.2) is 9.78 Å². The van der Waals surface area contributed by atoms with Crippen molar-refractivity contribution in [1.82, 2.24) is 4.98 Å². The van der Waals surface area contributed by atoms with Crippen molar-refractivity contribution in [2.45, 2.75) is 58.9 Å². The van der Waals surface area contributed by atoms with Crippen molar-refractivity contribution in [2.24, 2.45) is 11.0 Å². The molecule has 0 radical (unpaired) electrons. The standard InChI is InChI=1S/C26H30N4O3/c1-4-32-25-21(26(31)33-5-2)12-13-22(28-25)23-15-24(18-8-6-7-9-18)30(29-23)20-11-10-19(16-27)17(3)14-20/h10-14,18,24H,4-9,15H2,1-3H3/t24-/m1/s1. The monoisotopic (exact) mass is 446 g/mol. The lowest BCUT2D eigenvalue weighted by Gasteiger charge is -2.28. The summed E-state index contributed by atoms with van der Waals surface area (Å²) in [5, 5.41) is 16.4. The Morgan fingerprint density at radius 1 is 1.18 bits per heavy atom. The van der Waals surface area contributed by atoms with E-state index in [1.165, 1.54) is 25.7 Å². The van der Waals surface area contributed by atoms with Gasteiger partial charge in [-0.15, -0.1) is 0 Å². The fourth-order valence-electron chi connectivity index (χ4n) is 4.77. The Balaban J connectivity index is 1.70. The zero-order chi connectivity index (χ0) is 23.4. The molecule has 0 amide bonds. The van der Waals surface area contributed by atoms with Gasteiger partial charge in [-0.3, -0.25) is 5.01 Å². The Morgan fingerprint density at radius 2 is 1.97 bits per heavy atom. The number of nitrogens with zero attached hydrogens (tertiary/aromatic N) is 4. The summed E-state index contributed by atoms with van der Waals surface area (Å²) in [5.74, 6) is 0.403. The van der Waals surface area contributed by atoms with Gasteiger partial charge in [0.15, 0.2) is 0 Å². The highest BCUT2D eigenvalue weighted by atomic mass is 16.5. The molecule has 1 aliphatic carbocycles. The molecule has 1 aromatic carbocycles. The largest absolute Gasteiger partial charge is 0.477 e. The molecule has 2 aliphatic rings. The van der Waals surface area contributed by atoms with Gasteiger partial charge >= 0.3 is 5.97 Å². The van der Waals surface area contributed by atoms with Gasteiger partial charge in [0, 0.05) is 6.42 Å². The molecule has 0 unspecified atom stereocenters. The SMILES string of the molecule is CCOC(=O)c1ccc(C2=NN(c3ccc(C#N)c(C)c3)[C@@H](C3CCCC3)C2)nc1OCC. The molecule has 0 bridgehead atoms. The molecular formula is C26H30N4O3. The van der Waals surface area contributed by atoms with Crippen LogP contribution in [-0.2, 0) is 4.74 Å². The third kappa shape index (κ3) is 4.70. The quantitative estimate of drug-likeness (QED) is 0.556. The first kappa shape index (κ1) is 22.8. The molecule has 7 nitrogen and oxygen atoms in total. The molecule has 1 fully saturated rings. The Bertz CT molecular complexity index is 1100. The second kappa shape index (κ2) is 10.0. The van der Waals surface area contributed by atoms with Crippen LogP contribution in [0.1, 0.15) is 73.1 Å². The van der Waals surface area contributed by atoms with E-state index >= 15 is 0 Å². The van der Waals surface area contributed by atoms with Crippen LogP contribution in [0.25, 0.3) is 0 Å². The highest BCUT2D eigenvalue weighted by Crippen LogP contribution is 2.38. The molecule has 172 valence electrons. The number of esters is 1. The van der Waals surface area contributed by atoms with Crippen molar-refractivity contribution >= 4 is 17.4 Å². The van der Waals surface area contributed by atoms with Gasteiger partial charge in [0.2, 0.25) is 5.88 Å². The number of anilines is 1. The minimum Gasteiger partial charge on any atom is -0.477 e. The summed E-state index contributed by atoms with van der Waals surface area (Å²) in [4.78, 5) is 17.0. The van der Waals surface area contributed by atoms with Crippen molar-refractivity contribution in [3.05, 3.63) is 52.7 Å². The van der Waals surface area contributed by atoms with E-state index in [0.717, 1.165) is 23.4 Å². The van der Waals surface area contributed by atoms with Crippen molar-refractivity contribution in [1.29, 1.82) is 5.26 Å². The van der Waals surface area contributed by atoms with E-state index in [4.69, 9.17) is 14.6 Å². The van der Waals surface area contributed by atoms with Crippen LogP contribution < -0.4 is 9.75 Å². The molecule has 1 atom stereocenters. The molecule has 33 heavy (non-hydrogen) atoms.